The highest BCUT2D eigenvalue weighted by Crippen LogP contribution is 2.26. The summed E-state index contributed by atoms with van der Waals surface area (Å²) in [6.07, 6.45) is 0.783. The van der Waals surface area contributed by atoms with Crippen LogP contribution in [0.3, 0.4) is 0 Å². The van der Waals surface area contributed by atoms with Crippen LogP contribution in [-0.4, -0.2) is 35.8 Å². The minimum Gasteiger partial charge on any atom is -0.398 e. The van der Waals surface area contributed by atoms with Crippen molar-refractivity contribution < 1.29 is 9.59 Å². The van der Waals surface area contributed by atoms with Gasteiger partial charge in [0.2, 0.25) is 5.91 Å². The molecule has 1 aliphatic heterocycles. The van der Waals surface area contributed by atoms with Crippen LogP contribution >= 0.6 is 15.9 Å². The van der Waals surface area contributed by atoms with Crippen LogP contribution in [0.4, 0.5) is 5.69 Å². The van der Waals surface area contributed by atoms with Gasteiger partial charge in [0.25, 0.3) is 5.91 Å². The lowest BCUT2D eigenvalue weighted by molar-refractivity contribution is -0.119. The number of anilines is 1. The minimum absolute atomic E-state index is 0.0429. The third kappa shape index (κ3) is 3.07. The van der Waals surface area contributed by atoms with Crippen molar-refractivity contribution in [1.29, 1.82) is 0 Å². The van der Waals surface area contributed by atoms with Crippen molar-refractivity contribution in [3.8, 4) is 0 Å². The fourth-order valence-electron chi connectivity index (χ4n) is 2.24. The Bertz CT molecular complexity index is 519. The van der Waals surface area contributed by atoms with E-state index in [1.165, 1.54) is 6.92 Å². The van der Waals surface area contributed by atoms with Crippen LogP contribution in [0.25, 0.3) is 0 Å². The molecule has 1 atom stereocenters. The van der Waals surface area contributed by atoms with Gasteiger partial charge < -0.3 is 16.0 Å². The molecular weight excluding hydrogens is 310 g/mol. The lowest BCUT2D eigenvalue weighted by atomic mass is 10.2. The number of nitrogens with two attached hydrogens (primary N) is 1. The lowest BCUT2D eigenvalue weighted by Gasteiger charge is -2.18. The summed E-state index contributed by atoms with van der Waals surface area (Å²) in [6, 6.07) is 5.29. The van der Waals surface area contributed by atoms with Gasteiger partial charge in [0.05, 0.1) is 10.0 Å². The Balaban J connectivity index is 2.09. The zero-order valence-corrected chi connectivity index (χ0v) is 12.2. The maximum absolute atomic E-state index is 12.4. The van der Waals surface area contributed by atoms with Crippen molar-refractivity contribution in [2.75, 3.05) is 18.8 Å². The molecule has 5 nitrogen and oxygen atoms in total. The van der Waals surface area contributed by atoms with E-state index in [1.807, 2.05) is 0 Å². The number of amides is 2. The number of halogens is 1. The summed E-state index contributed by atoms with van der Waals surface area (Å²) >= 11 is 3.34. The topological polar surface area (TPSA) is 75.4 Å². The maximum atomic E-state index is 12.4. The van der Waals surface area contributed by atoms with E-state index in [2.05, 4.69) is 21.2 Å². The zero-order valence-electron chi connectivity index (χ0n) is 10.6. The highest BCUT2D eigenvalue weighted by Gasteiger charge is 2.28. The summed E-state index contributed by atoms with van der Waals surface area (Å²) in [5, 5.41) is 2.83. The number of nitrogens with zero attached hydrogens (tertiary/aromatic N) is 1. The second-order valence-electron chi connectivity index (χ2n) is 4.65. The normalized spacial score (nSPS) is 18.4. The number of hydrogen-bond donors (Lipinski definition) is 2. The van der Waals surface area contributed by atoms with E-state index in [-0.39, 0.29) is 17.9 Å². The molecule has 19 heavy (non-hydrogen) atoms. The Morgan fingerprint density at radius 3 is 2.89 bits per heavy atom. The molecule has 102 valence electrons. The Morgan fingerprint density at radius 2 is 2.21 bits per heavy atom. The van der Waals surface area contributed by atoms with Crippen LogP contribution < -0.4 is 11.1 Å². The highest BCUT2D eigenvalue weighted by molar-refractivity contribution is 9.10. The first-order valence-electron chi connectivity index (χ1n) is 6.09. The van der Waals surface area contributed by atoms with Gasteiger partial charge in [0.1, 0.15) is 0 Å². The third-order valence-electron chi connectivity index (χ3n) is 3.14. The molecule has 3 N–H and O–H groups in total. The Morgan fingerprint density at radius 1 is 1.47 bits per heavy atom. The smallest absolute Gasteiger partial charge is 0.255 e. The number of likely N-dealkylation sites (tertiary alicyclic amines) is 1. The van der Waals surface area contributed by atoms with Gasteiger partial charge in [0, 0.05) is 31.7 Å². The van der Waals surface area contributed by atoms with Crippen LogP contribution in [0, 0.1) is 0 Å². The summed E-state index contributed by atoms with van der Waals surface area (Å²) < 4.78 is 0.628. The molecule has 0 aliphatic carbocycles. The molecule has 1 saturated heterocycles. The molecular formula is C13H16BrN3O2. The predicted octanol–water partition coefficient (Wildman–Crippen LogP) is 1.38. The molecule has 2 amide bonds. The number of nitrogen functional groups attached to an aromatic ring is 1. The van der Waals surface area contributed by atoms with Gasteiger partial charge in [0.15, 0.2) is 0 Å². The molecule has 1 unspecified atom stereocenters. The van der Waals surface area contributed by atoms with E-state index < -0.39 is 0 Å². The van der Waals surface area contributed by atoms with Gasteiger partial charge in [-0.15, -0.1) is 0 Å². The quantitative estimate of drug-likeness (QED) is 0.807. The summed E-state index contributed by atoms with van der Waals surface area (Å²) in [5.74, 6) is -0.128. The number of nitrogens with one attached hydrogen (secondary N) is 1. The number of benzene rings is 1. The van der Waals surface area contributed by atoms with Gasteiger partial charge in [-0.2, -0.15) is 0 Å². The molecule has 1 aliphatic rings. The van der Waals surface area contributed by atoms with E-state index in [9.17, 15) is 9.59 Å². The minimum atomic E-state index is -0.0653. The summed E-state index contributed by atoms with van der Waals surface area (Å²) in [4.78, 5) is 25.1. The monoisotopic (exact) mass is 325 g/mol. The van der Waals surface area contributed by atoms with Crippen LogP contribution in [0.1, 0.15) is 23.7 Å². The molecule has 0 aromatic heterocycles. The van der Waals surface area contributed by atoms with Crippen molar-refractivity contribution in [3.63, 3.8) is 0 Å². The Labute approximate surface area is 120 Å². The maximum Gasteiger partial charge on any atom is 0.255 e. The molecule has 0 saturated carbocycles. The van der Waals surface area contributed by atoms with Crippen molar-refractivity contribution >= 4 is 33.4 Å². The van der Waals surface area contributed by atoms with E-state index in [0.717, 1.165) is 6.42 Å². The van der Waals surface area contributed by atoms with E-state index in [1.54, 1.807) is 23.1 Å². The van der Waals surface area contributed by atoms with Crippen molar-refractivity contribution in [2.24, 2.45) is 0 Å². The predicted molar refractivity (Wildman–Crippen MR) is 76.7 cm³/mol. The Kier molecular flexibility index (Phi) is 4.09. The number of carbonyl (C=O) groups is 2. The third-order valence-corrected chi connectivity index (χ3v) is 4.03. The first-order valence-corrected chi connectivity index (χ1v) is 6.88. The van der Waals surface area contributed by atoms with Gasteiger partial charge in [-0.3, -0.25) is 9.59 Å². The SMILES string of the molecule is CC(=O)NC1CCN(C(=O)c2cccc(N)c2Br)C1. The number of hydrogen-bond acceptors (Lipinski definition) is 3. The van der Waals surface area contributed by atoms with Crippen LogP contribution in [0.2, 0.25) is 0 Å². The fraction of sp³-hybridized carbons (Fsp3) is 0.385. The highest BCUT2D eigenvalue weighted by atomic mass is 79.9. The van der Waals surface area contributed by atoms with Crippen LogP contribution in [0.15, 0.2) is 22.7 Å². The van der Waals surface area contributed by atoms with E-state index in [0.29, 0.717) is 28.8 Å². The van der Waals surface area contributed by atoms with Gasteiger partial charge in [-0.1, -0.05) is 6.07 Å². The fourth-order valence-corrected chi connectivity index (χ4v) is 2.67. The molecule has 0 spiro atoms. The van der Waals surface area contributed by atoms with Gasteiger partial charge in [-0.25, -0.2) is 0 Å². The second-order valence-corrected chi connectivity index (χ2v) is 5.44. The Hall–Kier alpha value is -1.56. The average molecular weight is 326 g/mol. The zero-order chi connectivity index (χ0) is 14.0. The molecule has 6 heteroatoms. The van der Waals surface area contributed by atoms with Crippen molar-refractivity contribution in [1.82, 2.24) is 10.2 Å². The number of carbonyl (C=O) groups excluding carboxylic acids is 2. The molecule has 1 fully saturated rings. The van der Waals surface area contributed by atoms with Gasteiger partial charge >= 0.3 is 0 Å². The first kappa shape index (κ1) is 13.9. The lowest BCUT2D eigenvalue weighted by Crippen LogP contribution is -2.37. The standard InChI is InChI=1S/C13H16BrN3O2/c1-8(18)16-9-5-6-17(7-9)13(19)10-3-2-4-11(15)12(10)14/h2-4,9H,5-7,15H2,1H3,(H,16,18). The molecule has 0 bridgehead atoms. The van der Waals surface area contributed by atoms with Crippen LogP contribution in [0.5, 0.6) is 0 Å². The summed E-state index contributed by atoms with van der Waals surface area (Å²) in [5.41, 5.74) is 6.88. The van der Waals surface area contributed by atoms with Gasteiger partial charge in [-0.05, 0) is 34.5 Å². The summed E-state index contributed by atoms with van der Waals surface area (Å²) in [7, 11) is 0. The van der Waals surface area contributed by atoms with Crippen molar-refractivity contribution in [3.05, 3.63) is 28.2 Å². The first-order chi connectivity index (χ1) is 8.99. The molecule has 1 aromatic rings. The van der Waals surface area contributed by atoms with E-state index in [4.69, 9.17) is 5.73 Å². The van der Waals surface area contributed by atoms with Crippen molar-refractivity contribution in [2.45, 2.75) is 19.4 Å². The number of rotatable bonds is 2. The van der Waals surface area contributed by atoms with E-state index >= 15 is 0 Å². The van der Waals surface area contributed by atoms with Crippen LogP contribution in [-0.2, 0) is 4.79 Å². The largest absolute Gasteiger partial charge is 0.398 e. The average Bonchev–Trinajstić information content (AvgIpc) is 2.79. The molecule has 2 rings (SSSR count). The second kappa shape index (κ2) is 5.61. The molecule has 0 radical (unpaired) electrons. The summed E-state index contributed by atoms with van der Waals surface area (Å²) in [6.45, 7) is 2.67. The molecule has 1 heterocycles. The molecule has 1 aromatic carbocycles.